The fourth-order valence-electron chi connectivity index (χ4n) is 2.71. The molecule has 0 fully saturated rings. The minimum absolute atomic E-state index is 0.200. The Hall–Kier alpha value is -1.51. The second-order valence-electron chi connectivity index (χ2n) is 5.37. The van der Waals surface area contributed by atoms with E-state index < -0.39 is 0 Å². The third kappa shape index (κ3) is 2.54. The normalized spacial score (nSPS) is 12.8. The fraction of sp³-hybridized carbons (Fsp3) is 0.235. The van der Waals surface area contributed by atoms with Crippen molar-refractivity contribution in [2.45, 2.75) is 26.1 Å². The Kier molecular flexibility index (Phi) is 3.68. The van der Waals surface area contributed by atoms with Crippen LogP contribution in [0.5, 0.6) is 0 Å². The second kappa shape index (κ2) is 5.36. The van der Waals surface area contributed by atoms with Crippen LogP contribution in [0.2, 0.25) is 5.02 Å². The van der Waals surface area contributed by atoms with Crippen molar-refractivity contribution >= 4 is 34.2 Å². The number of hydrogen-bond donors (Lipinski definition) is 0. The Morgan fingerprint density at radius 2 is 1.76 bits per heavy atom. The molecule has 0 radical (unpaired) electrons. The maximum absolute atomic E-state index is 6.41. The number of fused-ring (bicyclic) bond motifs is 1. The van der Waals surface area contributed by atoms with E-state index in [1.165, 1.54) is 11.1 Å². The summed E-state index contributed by atoms with van der Waals surface area (Å²) in [4.78, 5) is 4.66. The zero-order valence-corrected chi connectivity index (χ0v) is 13.7. The van der Waals surface area contributed by atoms with E-state index in [0.29, 0.717) is 5.02 Å². The molecule has 2 nitrogen and oxygen atoms in total. The summed E-state index contributed by atoms with van der Waals surface area (Å²) in [6, 6.07) is 12.1. The van der Waals surface area contributed by atoms with Gasteiger partial charge in [0.15, 0.2) is 0 Å². The van der Waals surface area contributed by atoms with Crippen LogP contribution in [-0.4, -0.2) is 9.55 Å². The zero-order valence-electron chi connectivity index (χ0n) is 12.2. The van der Waals surface area contributed by atoms with Gasteiger partial charge in [-0.2, -0.15) is 0 Å². The molecule has 0 spiro atoms. The minimum Gasteiger partial charge on any atom is -0.294 e. The zero-order chi connectivity index (χ0) is 15.1. The van der Waals surface area contributed by atoms with Gasteiger partial charge < -0.3 is 0 Å². The molecule has 0 aliphatic rings. The van der Waals surface area contributed by atoms with Crippen LogP contribution >= 0.6 is 23.2 Å². The van der Waals surface area contributed by atoms with E-state index in [9.17, 15) is 0 Å². The second-order valence-corrected chi connectivity index (χ2v) is 6.44. The van der Waals surface area contributed by atoms with E-state index >= 15 is 0 Å². The first-order valence-electron chi connectivity index (χ1n) is 6.87. The first kappa shape index (κ1) is 14.4. The van der Waals surface area contributed by atoms with Crippen LogP contribution in [0.15, 0.2) is 36.4 Å². The van der Waals surface area contributed by atoms with Crippen molar-refractivity contribution in [2.24, 2.45) is 0 Å². The lowest BCUT2D eigenvalue weighted by Gasteiger charge is -2.13. The van der Waals surface area contributed by atoms with E-state index in [1.807, 2.05) is 25.1 Å². The van der Waals surface area contributed by atoms with Gasteiger partial charge in [-0.05, 0) is 56.2 Å². The molecule has 4 heteroatoms. The average molecular weight is 319 g/mol. The van der Waals surface area contributed by atoms with Gasteiger partial charge in [0.05, 0.1) is 21.4 Å². The number of aromatic nitrogens is 2. The van der Waals surface area contributed by atoms with Gasteiger partial charge in [-0.1, -0.05) is 23.7 Å². The predicted molar refractivity (Wildman–Crippen MR) is 89.8 cm³/mol. The number of rotatable bonds is 2. The Balaban J connectivity index is 2.41. The maximum Gasteiger partial charge on any atom is 0.132 e. The molecule has 0 aliphatic heterocycles. The van der Waals surface area contributed by atoms with E-state index in [2.05, 4.69) is 41.6 Å². The van der Waals surface area contributed by atoms with Crippen LogP contribution in [0.3, 0.4) is 0 Å². The molecule has 0 aliphatic carbocycles. The molecular weight excluding hydrogens is 303 g/mol. The first-order chi connectivity index (χ1) is 9.97. The summed E-state index contributed by atoms with van der Waals surface area (Å²) in [6.07, 6.45) is 0. The smallest absolute Gasteiger partial charge is 0.132 e. The lowest BCUT2D eigenvalue weighted by molar-refractivity contribution is 0.881. The number of imidazole rings is 1. The van der Waals surface area contributed by atoms with Crippen LogP contribution in [0.4, 0.5) is 0 Å². The van der Waals surface area contributed by atoms with Gasteiger partial charge in [0.25, 0.3) is 0 Å². The molecular formula is C17H16Cl2N2. The standard InChI is InChI=1S/C17H16Cl2N2/c1-10-7-11(2)9-13(8-10)21-16-14(19)5-4-6-15(16)20-17(21)12(3)18/h4-9,12H,1-3H3. The van der Waals surface area contributed by atoms with E-state index in [-0.39, 0.29) is 5.38 Å². The molecule has 0 amide bonds. The predicted octanol–water partition coefficient (Wildman–Crippen LogP) is 5.60. The molecule has 0 saturated carbocycles. The molecule has 2 aromatic carbocycles. The highest BCUT2D eigenvalue weighted by Crippen LogP contribution is 2.32. The van der Waals surface area contributed by atoms with Gasteiger partial charge in [-0.3, -0.25) is 4.57 Å². The Labute approximate surface area is 134 Å². The van der Waals surface area contributed by atoms with Gasteiger partial charge in [0, 0.05) is 5.69 Å². The largest absolute Gasteiger partial charge is 0.294 e. The van der Waals surface area contributed by atoms with Crippen molar-refractivity contribution in [2.75, 3.05) is 0 Å². The summed E-state index contributed by atoms with van der Waals surface area (Å²) < 4.78 is 2.06. The summed E-state index contributed by atoms with van der Waals surface area (Å²) >= 11 is 12.7. The molecule has 0 bridgehead atoms. The number of hydrogen-bond acceptors (Lipinski definition) is 1. The maximum atomic E-state index is 6.41. The van der Waals surface area contributed by atoms with E-state index in [1.54, 1.807) is 0 Å². The van der Waals surface area contributed by atoms with E-state index in [0.717, 1.165) is 22.5 Å². The molecule has 3 rings (SSSR count). The lowest BCUT2D eigenvalue weighted by atomic mass is 10.1. The minimum atomic E-state index is -0.200. The van der Waals surface area contributed by atoms with Gasteiger partial charge in [0.2, 0.25) is 0 Å². The van der Waals surface area contributed by atoms with Crippen LogP contribution in [-0.2, 0) is 0 Å². The summed E-state index contributed by atoms with van der Waals surface area (Å²) in [5.41, 5.74) is 5.22. The van der Waals surface area contributed by atoms with Crippen molar-refractivity contribution in [1.82, 2.24) is 9.55 Å². The van der Waals surface area contributed by atoms with Crippen molar-refractivity contribution < 1.29 is 0 Å². The highest BCUT2D eigenvalue weighted by Gasteiger charge is 2.18. The molecule has 3 aromatic rings. The van der Waals surface area contributed by atoms with Crippen LogP contribution in [0, 0.1) is 13.8 Å². The fourth-order valence-corrected chi connectivity index (χ4v) is 3.11. The number of nitrogens with zero attached hydrogens (tertiary/aromatic N) is 2. The summed E-state index contributed by atoms with van der Waals surface area (Å²) in [5, 5.41) is 0.483. The Morgan fingerprint density at radius 1 is 1.10 bits per heavy atom. The number of alkyl halides is 1. The number of aryl methyl sites for hydroxylation is 2. The van der Waals surface area contributed by atoms with Crippen molar-refractivity contribution in [3.05, 3.63) is 58.4 Å². The van der Waals surface area contributed by atoms with Gasteiger partial charge in [-0.25, -0.2) is 4.98 Å². The summed E-state index contributed by atoms with van der Waals surface area (Å²) in [5.74, 6) is 0.810. The first-order valence-corrected chi connectivity index (χ1v) is 7.68. The van der Waals surface area contributed by atoms with Gasteiger partial charge in [-0.15, -0.1) is 11.6 Å². The average Bonchev–Trinajstić information content (AvgIpc) is 2.78. The van der Waals surface area contributed by atoms with Crippen LogP contribution in [0.25, 0.3) is 16.7 Å². The molecule has 21 heavy (non-hydrogen) atoms. The third-order valence-electron chi connectivity index (χ3n) is 3.47. The molecule has 1 aromatic heterocycles. The van der Waals surface area contributed by atoms with Crippen molar-refractivity contribution in [3.8, 4) is 5.69 Å². The van der Waals surface area contributed by atoms with Gasteiger partial charge >= 0.3 is 0 Å². The number of halogens is 2. The third-order valence-corrected chi connectivity index (χ3v) is 3.97. The number of para-hydroxylation sites is 1. The van der Waals surface area contributed by atoms with Crippen molar-refractivity contribution in [1.29, 1.82) is 0 Å². The lowest BCUT2D eigenvalue weighted by Crippen LogP contribution is -2.03. The monoisotopic (exact) mass is 318 g/mol. The van der Waals surface area contributed by atoms with E-state index in [4.69, 9.17) is 23.2 Å². The van der Waals surface area contributed by atoms with Crippen molar-refractivity contribution in [3.63, 3.8) is 0 Å². The highest BCUT2D eigenvalue weighted by atomic mass is 35.5. The Morgan fingerprint density at radius 3 is 2.38 bits per heavy atom. The SMILES string of the molecule is Cc1cc(C)cc(-n2c(C(C)Cl)nc3cccc(Cl)c32)c1. The quantitative estimate of drug-likeness (QED) is 0.563. The highest BCUT2D eigenvalue weighted by molar-refractivity contribution is 6.35. The number of benzene rings is 2. The van der Waals surface area contributed by atoms with Crippen LogP contribution in [0.1, 0.15) is 29.3 Å². The molecule has 1 unspecified atom stereocenters. The molecule has 1 atom stereocenters. The molecule has 0 N–H and O–H groups in total. The van der Waals surface area contributed by atoms with Gasteiger partial charge in [0.1, 0.15) is 5.82 Å². The van der Waals surface area contributed by atoms with Crippen LogP contribution < -0.4 is 0 Å². The Bertz CT molecular complexity index is 799. The summed E-state index contributed by atoms with van der Waals surface area (Å²) in [7, 11) is 0. The molecule has 0 saturated heterocycles. The topological polar surface area (TPSA) is 17.8 Å². The molecule has 108 valence electrons. The summed E-state index contributed by atoms with van der Waals surface area (Å²) in [6.45, 7) is 6.10. The molecule has 1 heterocycles.